The minimum atomic E-state index is -0.0817. The molecule has 1 aromatic heterocycles. The summed E-state index contributed by atoms with van der Waals surface area (Å²) >= 11 is 5.99. The molecule has 4 atom stereocenters. The molecule has 4 N–H and O–H groups in total. The molecule has 3 aliphatic rings. The summed E-state index contributed by atoms with van der Waals surface area (Å²) in [7, 11) is 0. The van der Waals surface area contributed by atoms with Crippen molar-refractivity contribution in [2.45, 2.75) is 25.3 Å². The molecule has 0 aliphatic heterocycles. The smallest absolute Gasteiger partial charge is 0.253 e. The minimum Gasteiger partial charge on any atom is -0.349 e. The second kappa shape index (κ2) is 4.33. The zero-order chi connectivity index (χ0) is 13.9. The van der Waals surface area contributed by atoms with Gasteiger partial charge in [-0.1, -0.05) is 11.6 Å². The fourth-order valence-corrected chi connectivity index (χ4v) is 4.64. The van der Waals surface area contributed by atoms with E-state index in [0.717, 1.165) is 23.7 Å². The fourth-order valence-electron chi connectivity index (χ4n) is 4.42. The number of amides is 1. The van der Waals surface area contributed by atoms with Gasteiger partial charge in [0.1, 0.15) is 0 Å². The summed E-state index contributed by atoms with van der Waals surface area (Å²) in [5, 5.41) is 3.51. The summed E-state index contributed by atoms with van der Waals surface area (Å²) in [4.78, 5) is 16.3. The SMILES string of the molecule is NNc1ncc(C(=O)NC2C3C4CCC(C4)C23)cc1Cl. The molecule has 0 spiro atoms. The van der Waals surface area contributed by atoms with Crippen LogP contribution in [-0.4, -0.2) is 16.9 Å². The maximum atomic E-state index is 12.3. The highest BCUT2D eigenvalue weighted by Gasteiger charge is 2.65. The molecule has 0 radical (unpaired) electrons. The molecule has 3 saturated carbocycles. The molecule has 0 aromatic carbocycles. The normalized spacial score (nSPS) is 36.6. The molecule has 20 heavy (non-hydrogen) atoms. The van der Waals surface area contributed by atoms with Crippen molar-refractivity contribution in [3.05, 3.63) is 22.8 Å². The quantitative estimate of drug-likeness (QED) is 0.586. The highest BCUT2D eigenvalue weighted by molar-refractivity contribution is 6.33. The average Bonchev–Trinajstić information content (AvgIpc) is 2.84. The molecule has 0 saturated heterocycles. The number of hydrogen-bond acceptors (Lipinski definition) is 4. The number of hydrogen-bond donors (Lipinski definition) is 3. The van der Waals surface area contributed by atoms with Crippen molar-refractivity contribution < 1.29 is 4.79 Å². The number of halogens is 1. The Balaban J connectivity index is 1.45. The van der Waals surface area contributed by atoms with Crippen molar-refractivity contribution in [2.24, 2.45) is 29.5 Å². The molecule has 2 bridgehead atoms. The predicted octanol–water partition coefficient (Wildman–Crippen LogP) is 1.79. The van der Waals surface area contributed by atoms with Gasteiger partial charge in [-0.2, -0.15) is 0 Å². The first-order valence-corrected chi connectivity index (χ1v) is 7.50. The first-order chi connectivity index (χ1) is 9.69. The fraction of sp³-hybridized carbons (Fsp3) is 0.571. The van der Waals surface area contributed by atoms with Crippen molar-refractivity contribution >= 4 is 23.3 Å². The Kier molecular flexibility index (Phi) is 2.69. The number of nitrogens with zero attached hydrogens (tertiary/aromatic N) is 1. The average molecular weight is 293 g/mol. The van der Waals surface area contributed by atoms with Crippen molar-refractivity contribution in [1.82, 2.24) is 10.3 Å². The van der Waals surface area contributed by atoms with E-state index in [2.05, 4.69) is 15.7 Å². The number of carbonyl (C=O) groups excluding carboxylic acids is 1. The van der Waals surface area contributed by atoms with E-state index in [1.807, 2.05) is 0 Å². The van der Waals surface area contributed by atoms with E-state index in [1.165, 1.54) is 25.5 Å². The molecule has 3 fully saturated rings. The minimum absolute atomic E-state index is 0.0817. The van der Waals surface area contributed by atoms with Gasteiger partial charge in [-0.05, 0) is 49.0 Å². The van der Waals surface area contributed by atoms with Crippen LogP contribution < -0.4 is 16.6 Å². The van der Waals surface area contributed by atoms with Crippen LogP contribution in [0.5, 0.6) is 0 Å². The number of nitrogens with two attached hydrogens (primary N) is 1. The van der Waals surface area contributed by atoms with Gasteiger partial charge < -0.3 is 10.7 Å². The van der Waals surface area contributed by atoms with Crippen LogP contribution in [0.2, 0.25) is 5.02 Å². The third kappa shape index (κ3) is 1.73. The van der Waals surface area contributed by atoms with Gasteiger partial charge in [-0.25, -0.2) is 10.8 Å². The Labute approximate surface area is 122 Å². The summed E-state index contributed by atoms with van der Waals surface area (Å²) in [6, 6.07) is 1.98. The van der Waals surface area contributed by atoms with Crippen LogP contribution in [0.4, 0.5) is 5.82 Å². The van der Waals surface area contributed by atoms with E-state index in [1.54, 1.807) is 6.07 Å². The molecule has 5 nitrogen and oxygen atoms in total. The zero-order valence-electron chi connectivity index (χ0n) is 11.0. The molecular weight excluding hydrogens is 276 g/mol. The van der Waals surface area contributed by atoms with E-state index in [-0.39, 0.29) is 5.91 Å². The van der Waals surface area contributed by atoms with Crippen molar-refractivity contribution in [1.29, 1.82) is 0 Å². The Hall–Kier alpha value is -1.33. The van der Waals surface area contributed by atoms with Crippen molar-refractivity contribution in [3.8, 4) is 0 Å². The monoisotopic (exact) mass is 292 g/mol. The van der Waals surface area contributed by atoms with Crippen LogP contribution in [0.25, 0.3) is 0 Å². The summed E-state index contributed by atoms with van der Waals surface area (Å²) in [5.74, 6) is 8.72. The third-order valence-corrected chi connectivity index (χ3v) is 5.56. The molecule has 1 amide bonds. The van der Waals surface area contributed by atoms with Gasteiger partial charge in [0.2, 0.25) is 0 Å². The highest BCUT2D eigenvalue weighted by atomic mass is 35.5. The number of fused-ring (bicyclic) bond motifs is 5. The Morgan fingerprint density at radius 2 is 2.05 bits per heavy atom. The number of aromatic nitrogens is 1. The number of rotatable bonds is 3. The second-order valence-corrected chi connectivity index (χ2v) is 6.59. The van der Waals surface area contributed by atoms with Gasteiger partial charge >= 0.3 is 0 Å². The molecule has 1 heterocycles. The molecule has 1 aromatic rings. The number of pyridine rings is 1. The van der Waals surface area contributed by atoms with Gasteiger partial charge in [-0.3, -0.25) is 4.79 Å². The maximum absolute atomic E-state index is 12.3. The van der Waals surface area contributed by atoms with E-state index >= 15 is 0 Å². The molecule has 106 valence electrons. The van der Waals surface area contributed by atoms with Gasteiger partial charge in [0.05, 0.1) is 10.6 Å². The zero-order valence-corrected chi connectivity index (χ0v) is 11.7. The number of nitrogens with one attached hydrogen (secondary N) is 2. The van der Waals surface area contributed by atoms with E-state index in [9.17, 15) is 4.79 Å². The Morgan fingerprint density at radius 1 is 1.35 bits per heavy atom. The largest absolute Gasteiger partial charge is 0.349 e. The van der Waals surface area contributed by atoms with Gasteiger partial charge in [0.15, 0.2) is 5.82 Å². The molecule has 4 unspecified atom stereocenters. The maximum Gasteiger partial charge on any atom is 0.253 e. The number of carbonyl (C=O) groups is 1. The van der Waals surface area contributed by atoms with Gasteiger partial charge in [0, 0.05) is 12.2 Å². The lowest BCUT2D eigenvalue weighted by Gasteiger charge is -2.11. The summed E-state index contributed by atoms with van der Waals surface area (Å²) < 4.78 is 0. The van der Waals surface area contributed by atoms with Gasteiger partial charge in [0.25, 0.3) is 5.91 Å². The highest BCUT2D eigenvalue weighted by Crippen LogP contribution is 2.65. The first-order valence-electron chi connectivity index (χ1n) is 7.12. The Morgan fingerprint density at radius 3 is 2.65 bits per heavy atom. The summed E-state index contributed by atoms with van der Waals surface area (Å²) in [6.07, 6.45) is 5.58. The standard InChI is InChI=1S/C14H17ClN4O/c15-9-4-8(5-17-13(9)19-16)14(20)18-12-10-6-1-2-7(3-6)11(10)12/h4-7,10-12H,1-3,16H2,(H,17,19)(H,18,20). The van der Waals surface area contributed by atoms with Crippen LogP contribution in [0, 0.1) is 23.7 Å². The van der Waals surface area contributed by atoms with Crippen LogP contribution in [0.15, 0.2) is 12.3 Å². The van der Waals surface area contributed by atoms with E-state index in [0.29, 0.717) is 22.4 Å². The van der Waals surface area contributed by atoms with Crippen LogP contribution in [-0.2, 0) is 0 Å². The van der Waals surface area contributed by atoms with Gasteiger partial charge in [-0.15, -0.1) is 0 Å². The van der Waals surface area contributed by atoms with E-state index in [4.69, 9.17) is 17.4 Å². The molecule has 6 heteroatoms. The van der Waals surface area contributed by atoms with Crippen LogP contribution in [0.3, 0.4) is 0 Å². The lowest BCUT2D eigenvalue weighted by atomic mass is 10.0. The first kappa shape index (κ1) is 12.4. The van der Waals surface area contributed by atoms with Crippen LogP contribution >= 0.6 is 11.6 Å². The topological polar surface area (TPSA) is 80.0 Å². The Bertz CT molecular complexity index is 562. The summed E-state index contributed by atoms with van der Waals surface area (Å²) in [5.41, 5.74) is 2.88. The molecule has 4 rings (SSSR count). The summed E-state index contributed by atoms with van der Waals surface area (Å²) in [6.45, 7) is 0. The van der Waals surface area contributed by atoms with E-state index < -0.39 is 0 Å². The number of nitrogen functional groups attached to an aromatic ring is 1. The second-order valence-electron chi connectivity index (χ2n) is 6.19. The predicted molar refractivity (Wildman–Crippen MR) is 76.1 cm³/mol. The molecule has 3 aliphatic carbocycles. The number of anilines is 1. The van der Waals surface area contributed by atoms with Crippen LogP contribution in [0.1, 0.15) is 29.6 Å². The van der Waals surface area contributed by atoms with Crippen molar-refractivity contribution in [3.63, 3.8) is 0 Å². The number of hydrazine groups is 1. The lowest BCUT2D eigenvalue weighted by Crippen LogP contribution is -2.30. The third-order valence-electron chi connectivity index (χ3n) is 5.27. The van der Waals surface area contributed by atoms with Crippen molar-refractivity contribution in [2.75, 3.05) is 5.43 Å². The molecular formula is C14H17ClN4O. The lowest BCUT2D eigenvalue weighted by molar-refractivity contribution is 0.0944.